The highest BCUT2D eigenvalue weighted by Gasteiger charge is 2.44. The molecule has 2 aromatic heterocycles. The van der Waals surface area contributed by atoms with Crippen LogP contribution in [-0.4, -0.2) is 16.2 Å². The van der Waals surface area contributed by atoms with Gasteiger partial charge in [-0.2, -0.15) is 4.98 Å². The van der Waals surface area contributed by atoms with Crippen LogP contribution in [0, 0.1) is 11.3 Å². The van der Waals surface area contributed by atoms with E-state index in [1.165, 1.54) is 0 Å². The summed E-state index contributed by atoms with van der Waals surface area (Å²) in [5, 5.41) is 4.03. The summed E-state index contributed by atoms with van der Waals surface area (Å²) in [6, 6.07) is 3.89. The lowest BCUT2D eigenvalue weighted by Crippen LogP contribution is -2.45. The van der Waals surface area contributed by atoms with Crippen LogP contribution in [0.2, 0.25) is 0 Å². The van der Waals surface area contributed by atoms with E-state index in [1.807, 2.05) is 12.1 Å². The SMILES string of the molecule is CC1C(N)CCC(c2nc(-c3ccco3)no2)C1(C)C. The van der Waals surface area contributed by atoms with E-state index in [9.17, 15) is 0 Å². The molecule has 1 aliphatic rings. The van der Waals surface area contributed by atoms with E-state index in [1.54, 1.807) is 6.26 Å². The first-order valence-electron chi connectivity index (χ1n) is 7.13. The fraction of sp³-hybridized carbons (Fsp3) is 0.600. The third-order valence-corrected chi connectivity index (χ3v) is 4.98. The summed E-state index contributed by atoms with van der Waals surface area (Å²) in [5.41, 5.74) is 6.24. The molecule has 0 aliphatic heterocycles. The van der Waals surface area contributed by atoms with E-state index in [4.69, 9.17) is 14.7 Å². The molecule has 108 valence electrons. The number of nitrogens with two attached hydrogens (primary N) is 1. The maximum atomic E-state index is 6.19. The van der Waals surface area contributed by atoms with Crippen LogP contribution in [0.1, 0.15) is 45.4 Å². The van der Waals surface area contributed by atoms with E-state index in [2.05, 4.69) is 30.9 Å². The van der Waals surface area contributed by atoms with Crippen molar-refractivity contribution in [1.82, 2.24) is 10.1 Å². The van der Waals surface area contributed by atoms with E-state index in [0.29, 0.717) is 23.4 Å². The molecule has 0 spiro atoms. The van der Waals surface area contributed by atoms with E-state index < -0.39 is 0 Å². The molecule has 3 atom stereocenters. The zero-order valence-electron chi connectivity index (χ0n) is 12.2. The van der Waals surface area contributed by atoms with Crippen LogP contribution < -0.4 is 5.73 Å². The van der Waals surface area contributed by atoms with Gasteiger partial charge in [0.1, 0.15) is 0 Å². The average Bonchev–Trinajstić information content (AvgIpc) is 3.06. The van der Waals surface area contributed by atoms with Gasteiger partial charge in [-0.05, 0) is 36.3 Å². The molecule has 2 heterocycles. The fourth-order valence-corrected chi connectivity index (χ4v) is 3.17. The summed E-state index contributed by atoms with van der Waals surface area (Å²) in [5.74, 6) is 2.51. The largest absolute Gasteiger partial charge is 0.461 e. The standard InChI is InChI=1S/C15H21N3O2/c1-9-11(16)7-6-10(15(9,2)3)14-17-13(18-20-14)12-5-4-8-19-12/h4-5,8-11H,6-7,16H2,1-3H3. The number of hydrogen-bond acceptors (Lipinski definition) is 5. The minimum absolute atomic E-state index is 0.0463. The van der Waals surface area contributed by atoms with Crippen LogP contribution in [0.15, 0.2) is 27.3 Å². The number of rotatable bonds is 2. The van der Waals surface area contributed by atoms with Crippen LogP contribution in [0.3, 0.4) is 0 Å². The quantitative estimate of drug-likeness (QED) is 0.910. The van der Waals surface area contributed by atoms with Gasteiger partial charge in [0.05, 0.1) is 6.26 Å². The highest BCUT2D eigenvalue weighted by atomic mass is 16.5. The Kier molecular flexibility index (Phi) is 3.17. The van der Waals surface area contributed by atoms with Crippen molar-refractivity contribution >= 4 is 0 Å². The highest BCUT2D eigenvalue weighted by Crippen LogP contribution is 2.49. The molecule has 2 aromatic rings. The Bertz CT molecular complexity index is 574. The second-order valence-electron chi connectivity index (χ2n) is 6.34. The van der Waals surface area contributed by atoms with Gasteiger partial charge in [-0.1, -0.05) is 25.9 Å². The molecule has 1 saturated carbocycles. The van der Waals surface area contributed by atoms with Crippen molar-refractivity contribution < 1.29 is 8.94 Å². The molecule has 0 bridgehead atoms. The van der Waals surface area contributed by atoms with E-state index >= 15 is 0 Å². The lowest BCUT2D eigenvalue weighted by molar-refractivity contribution is 0.0806. The third-order valence-electron chi connectivity index (χ3n) is 4.98. The van der Waals surface area contributed by atoms with Crippen LogP contribution in [0.25, 0.3) is 11.6 Å². The molecule has 0 aromatic carbocycles. The van der Waals surface area contributed by atoms with Crippen molar-refractivity contribution in [3.63, 3.8) is 0 Å². The molecule has 5 heteroatoms. The second kappa shape index (κ2) is 4.74. The molecule has 2 N–H and O–H groups in total. The van der Waals surface area contributed by atoms with Crippen LogP contribution in [0.4, 0.5) is 0 Å². The lowest BCUT2D eigenvalue weighted by atomic mass is 9.61. The molecule has 0 radical (unpaired) electrons. The molecule has 1 aliphatic carbocycles. The molecule has 3 rings (SSSR count). The van der Waals surface area contributed by atoms with Crippen molar-refractivity contribution in [1.29, 1.82) is 0 Å². The first-order valence-corrected chi connectivity index (χ1v) is 7.13. The van der Waals surface area contributed by atoms with Gasteiger partial charge < -0.3 is 14.7 Å². The van der Waals surface area contributed by atoms with Crippen LogP contribution in [0.5, 0.6) is 0 Å². The van der Waals surface area contributed by atoms with Crippen molar-refractivity contribution in [3.05, 3.63) is 24.3 Å². The molecule has 5 nitrogen and oxygen atoms in total. The summed E-state index contributed by atoms with van der Waals surface area (Å²) in [4.78, 5) is 4.52. The minimum Gasteiger partial charge on any atom is -0.461 e. The van der Waals surface area contributed by atoms with Gasteiger partial charge >= 0.3 is 0 Å². The molecule has 1 fully saturated rings. The van der Waals surface area contributed by atoms with Gasteiger partial charge in [-0.25, -0.2) is 0 Å². The fourth-order valence-electron chi connectivity index (χ4n) is 3.17. The first-order chi connectivity index (χ1) is 9.50. The Morgan fingerprint density at radius 1 is 1.35 bits per heavy atom. The normalized spacial score (nSPS) is 29.5. The smallest absolute Gasteiger partial charge is 0.238 e. The Morgan fingerprint density at radius 3 is 2.85 bits per heavy atom. The molecule has 20 heavy (non-hydrogen) atoms. The van der Waals surface area contributed by atoms with Crippen molar-refractivity contribution in [3.8, 4) is 11.6 Å². The average molecular weight is 275 g/mol. The summed E-state index contributed by atoms with van der Waals surface area (Å²) >= 11 is 0. The van der Waals surface area contributed by atoms with Gasteiger partial charge in [0.15, 0.2) is 5.76 Å². The number of furan rings is 1. The summed E-state index contributed by atoms with van der Waals surface area (Å²) in [7, 11) is 0. The summed E-state index contributed by atoms with van der Waals surface area (Å²) in [6.07, 6.45) is 3.59. The number of hydrogen-bond donors (Lipinski definition) is 1. The Labute approximate surface area is 118 Å². The van der Waals surface area contributed by atoms with Gasteiger partial charge in [-0.3, -0.25) is 0 Å². The zero-order valence-corrected chi connectivity index (χ0v) is 12.2. The molecular formula is C15H21N3O2. The second-order valence-corrected chi connectivity index (χ2v) is 6.34. The van der Waals surface area contributed by atoms with E-state index in [-0.39, 0.29) is 17.4 Å². The third kappa shape index (κ3) is 2.06. The van der Waals surface area contributed by atoms with E-state index in [0.717, 1.165) is 12.8 Å². The molecule has 3 unspecified atom stereocenters. The number of aromatic nitrogens is 2. The highest BCUT2D eigenvalue weighted by molar-refractivity contribution is 5.44. The lowest BCUT2D eigenvalue weighted by Gasteiger charge is -2.45. The van der Waals surface area contributed by atoms with Gasteiger partial charge in [0.25, 0.3) is 0 Å². The first kappa shape index (κ1) is 13.4. The predicted molar refractivity (Wildman–Crippen MR) is 74.9 cm³/mol. The molecule has 0 saturated heterocycles. The summed E-state index contributed by atoms with van der Waals surface area (Å²) < 4.78 is 10.8. The van der Waals surface area contributed by atoms with Gasteiger partial charge in [0, 0.05) is 12.0 Å². The monoisotopic (exact) mass is 275 g/mol. The van der Waals surface area contributed by atoms with Crippen molar-refractivity contribution in [2.75, 3.05) is 0 Å². The predicted octanol–water partition coefficient (Wildman–Crippen LogP) is 3.20. The Balaban J connectivity index is 1.89. The Morgan fingerprint density at radius 2 is 2.15 bits per heavy atom. The number of nitrogens with zero attached hydrogens (tertiary/aromatic N) is 2. The molecule has 0 amide bonds. The van der Waals surface area contributed by atoms with Crippen molar-refractivity contribution in [2.45, 2.75) is 45.6 Å². The maximum Gasteiger partial charge on any atom is 0.238 e. The van der Waals surface area contributed by atoms with Gasteiger partial charge in [0.2, 0.25) is 11.7 Å². The maximum absolute atomic E-state index is 6.19. The molecular weight excluding hydrogens is 254 g/mol. The van der Waals surface area contributed by atoms with Gasteiger partial charge in [-0.15, -0.1) is 0 Å². The topological polar surface area (TPSA) is 78.1 Å². The van der Waals surface area contributed by atoms with Crippen molar-refractivity contribution in [2.24, 2.45) is 17.1 Å². The zero-order chi connectivity index (χ0) is 14.3. The van der Waals surface area contributed by atoms with Crippen LogP contribution in [-0.2, 0) is 0 Å². The van der Waals surface area contributed by atoms with Crippen LogP contribution >= 0.6 is 0 Å². The minimum atomic E-state index is 0.0463. The summed E-state index contributed by atoms with van der Waals surface area (Å²) in [6.45, 7) is 6.68. The Hall–Kier alpha value is -1.62.